The van der Waals surface area contributed by atoms with Gasteiger partial charge in [0, 0.05) is 29.9 Å². The van der Waals surface area contributed by atoms with E-state index in [4.69, 9.17) is 4.74 Å². The van der Waals surface area contributed by atoms with Gasteiger partial charge in [-0.2, -0.15) is 0 Å². The van der Waals surface area contributed by atoms with Gasteiger partial charge in [-0.05, 0) is 50.8 Å². The lowest BCUT2D eigenvalue weighted by atomic mass is 9.89. The van der Waals surface area contributed by atoms with Crippen LogP contribution in [0.5, 0.6) is 0 Å². The topological polar surface area (TPSA) is 50.4 Å². The first-order valence-corrected chi connectivity index (χ1v) is 7.53. The standard InChI is InChI=1S/C16H22N2O2/c1-2-20-15-9-14(10-15)17-13-5-3-4-11(8-13)16(19)18-12-6-7-12/h3-5,8,12,14-15,17H,2,6-7,9-10H2,1H3,(H,18,19). The van der Waals surface area contributed by atoms with Crippen LogP contribution in [0.4, 0.5) is 5.69 Å². The van der Waals surface area contributed by atoms with Crippen LogP contribution in [0, 0.1) is 0 Å². The van der Waals surface area contributed by atoms with E-state index < -0.39 is 0 Å². The second-order valence-corrected chi connectivity index (χ2v) is 5.72. The Balaban J connectivity index is 1.53. The van der Waals surface area contributed by atoms with Crippen LogP contribution >= 0.6 is 0 Å². The fraction of sp³-hybridized carbons (Fsp3) is 0.562. The van der Waals surface area contributed by atoms with Gasteiger partial charge < -0.3 is 15.4 Å². The molecule has 3 rings (SSSR count). The summed E-state index contributed by atoms with van der Waals surface area (Å²) in [4.78, 5) is 12.0. The summed E-state index contributed by atoms with van der Waals surface area (Å²) < 4.78 is 5.55. The molecule has 4 nitrogen and oxygen atoms in total. The van der Waals surface area contributed by atoms with Crippen molar-refractivity contribution in [2.24, 2.45) is 0 Å². The molecule has 0 bridgehead atoms. The summed E-state index contributed by atoms with van der Waals surface area (Å²) in [7, 11) is 0. The largest absolute Gasteiger partial charge is 0.382 e. The molecule has 108 valence electrons. The molecule has 0 heterocycles. The third kappa shape index (κ3) is 3.31. The molecule has 2 saturated carbocycles. The first-order valence-electron chi connectivity index (χ1n) is 7.53. The number of carbonyl (C=O) groups is 1. The van der Waals surface area contributed by atoms with Crippen LogP contribution in [0.3, 0.4) is 0 Å². The van der Waals surface area contributed by atoms with Gasteiger partial charge in [-0.3, -0.25) is 4.79 Å². The minimum Gasteiger partial charge on any atom is -0.382 e. The Morgan fingerprint density at radius 3 is 2.80 bits per heavy atom. The Hall–Kier alpha value is -1.55. The van der Waals surface area contributed by atoms with Gasteiger partial charge in [0.2, 0.25) is 0 Å². The number of nitrogens with one attached hydrogen (secondary N) is 2. The highest BCUT2D eigenvalue weighted by atomic mass is 16.5. The van der Waals surface area contributed by atoms with Crippen LogP contribution in [0.25, 0.3) is 0 Å². The molecule has 20 heavy (non-hydrogen) atoms. The number of hydrogen-bond acceptors (Lipinski definition) is 3. The number of hydrogen-bond donors (Lipinski definition) is 2. The van der Waals surface area contributed by atoms with Crippen molar-refractivity contribution in [3.05, 3.63) is 29.8 Å². The average Bonchev–Trinajstić information content (AvgIpc) is 3.21. The molecular formula is C16H22N2O2. The quantitative estimate of drug-likeness (QED) is 0.838. The zero-order valence-electron chi connectivity index (χ0n) is 11.9. The van der Waals surface area contributed by atoms with Crippen LogP contribution in [0.15, 0.2) is 24.3 Å². The fourth-order valence-electron chi connectivity index (χ4n) is 2.54. The van der Waals surface area contributed by atoms with Crippen molar-refractivity contribution in [3.63, 3.8) is 0 Å². The molecule has 2 aliphatic carbocycles. The Morgan fingerprint density at radius 2 is 2.10 bits per heavy atom. The minimum atomic E-state index is 0.0388. The van der Waals surface area contributed by atoms with Gasteiger partial charge in [0.25, 0.3) is 5.91 Å². The molecule has 1 amide bonds. The van der Waals surface area contributed by atoms with Crippen LogP contribution in [-0.4, -0.2) is 30.7 Å². The molecule has 0 aromatic heterocycles. The lowest BCUT2D eigenvalue weighted by Gasteiger charge is -2.36. The lowest BCUT2D eigenvalue weighted by molar-refractivity contribution is 0.00299. The van der Waals surface area contributed by atoms with Gasteiger partial charge in [0.1, 0.15) is 0 Å². The Kier molecular flexibility index (Phi) is 3.92. The molecule has 0 aliphatic heterocycles. The second-order valence-electron chi connectivity index (χ2n) is 5.72. The number of anilines is 1. The van der Waals surface area contributed by atoms with E-state index in [0.29, 0.717) is 18.2 Å². The van der Waals surface area contributed by atoms with Crippen LogP contribution in [0.2, 0.25) is 0 Å². The van der Waals surface area contributed by atoms with Crippen molar-refractivity contribution in [2.45, 2.75) is 50.8 Å². The van der Waals surface area contributed by atoms with Crippen molar-refractivity contribution in [3.8, 4) is 0 Å². The maximum Gasteiger partial charge on any atom is 0.251 e. The van der Waals surface area contributed by atoms with E-state index in [1.807, 2.05) is 31.2 Å². The lowest BCUT2D eigenvalue weighted by Crippen LogP contribution is -2.40. The summed E-state index contributed by atoms with van der Waals surface area (Å²) in [6.45, 7) is 2.82. The average molecular weight is 274 g/mol. The fourth-order valence-corrected chi connectivity index (χ4v) is 2.54. The predicted molar refractivity (Wildman–Crippen MR) is 79.0 cm³/mol. The second kappa shape index (κ2) is 5.83. The van der Waals surface area contributed by atoms with Crippen molar-refractivity contribution >= 4 is 11.6 Å². The van der Waals surface area contributed by atoms with Crippen LogP contribution in [0.1, 0.15) is 43.0 Å². The third-order valence-corrected chi connectivity index (χ3v) is 3.91. The van der Waals surface area contributed by atoms with E-state index >= 15 is 0 Å². The van der Waals surface area contributed by atoms with Gasteiger partial charge >= 0.3 is 0 Å². The first-order chi connectivity index (χ1) is 9.74. The van der Waals surface area contributed by atoms with Gasteiger partial charge in [-0.1, -0.05) is 6.07 Å². The zero-order valence-corrected chi connectivity index (χ0v) is 11.9. The van der Waals surface area contributed by atoms with Crippen molar-refractivity contribution in [2.75, 3.05) is 11.9 Å². The van der Waals surface area contributed by atoms with Crippen molar-refractivity contribution < 1.29 is 9.53 Å². The maximum absolute atomic E-state index is 12.0. The molecule has 4 heteroatoms. The minimum absolute atomic E-state index is 0.0388. The van der Waals surface area contributed by atoms with Crippen LogP contribution in [-0.2, 0) is 4.74 Å². The number of amides is 1. The Bertz CT molecular complexity index is 479. The monoisotopic (exact) mass is 274 g/mol. The molecule has 0 atom stereocenters. The van der Waals surface area contributed by atoms with E-state index in [0.717, 1.165) is 43.5 Å². The summed E-state index contributed by atoms with van der Waals surface area (Å²) in [5, 5.41) is 6.49. The number of benzene rings is 1. The van der Waals surface area contributed by atoms with E-state index in [9.17, 15) is 4.79 Å². The summed E-state index contributed by atoms with van der Waals surface area (Å²) >= 11 is 0. The van der Waals surface area contributed by atoms with Gasteiger partial charge in [0.15, 0.2) is 0 Å². The smallest absolute Gasteiger partial charge is 0.251 e. The van der Waals surface area contributed by atoms with Crippen molar-refractivity contribution in [1.29, 1.82) is 0 Å². The number of ether oxygens (including phenoxy) is 1. The number of rotatable bonds is 6. The molecule has 1 aromatic carbocycles. The molecule has 0 saturated heterocycles. The molecule has 2 fully saturated rings. The highest BCUT2D eigenvalue weighted by molar-refractivity contribution is 5.95. The zero-order chi connectivity index (χ0) is 13.9. The number of carbonyl (C=O) groups excluding carboxylic acids is 1. The van der Waals surface area contributed by atoms with Crippen molar-refractivity contribution in [1.82, 2.24) is 5.32 Å². The molecule has 0 radical (unpaired) electrons. The third-order valence-electron chi connectivity index (χ3n) is 3.91. The normalized spacial score (nSPS) is 24.9. The Labute approximate surface area is 119 Å². The molecule has 0 spiro atoms. The van der Waals surface area contributed by atoms with Gasteiger partial charge in [-0.25, -0.2) is 0 Å². The first kappa shape index (κ1) is 13.4. The molecule has 2 aliphatic rings. The summed E-state index contributed by atoms with van der Waals surface area (Å²) in [6.07, 6.45) is 4.73. The molecule has 2 N–H and O–H groups in total. The highest BCUT2D eigenvalue weighted by Crippen LogP contribution is 2.27. The van der Waals surface area contributed by atoms with Gasteiger partial charge in [0.05, 0.1) is 6.10 Å². The molecular weight excluding hydrogens is 252 g/mol. The highest BCUT2D eigenvalue weighted by Gasteiger charge is 2.29. The molecule has 1 aromatic rings. The summed E-state index contributed by atoms with van der Waals surface area (Å²) in [5.74, 6) is 0.0388. The maximum atomic E-state index is 12.0. The van der Waals surface area contributed by atoms with E-state index in [2.05, 4.69) is 10.6 Å². The van der Waals surface area contributed by atoms with E-state index in [1.54, 1.807) is 0 Å². The Morgan fingerprint density at radius 1 is 1.30 bits per heavy atom. The summed E-state index contributed by atoms with van der Waals surface area (Å²) in [5.41, 5.74) is 1.76. The van der Waals surface area contributed by atoms with E-state index in [-0.39, 0.29) is 5.91 Å². The molecule has 0 unspecified atom stereocenters. The van der Waals surface area contributed by atoms with E-state index in [1.165, 1.54) is 0 Å². The van der Waals surface area contributed by atoms with Gasteiger partial charge in [-0.15, -0.1) is 0 Å². The van der Waals surface area contributed by atoms with Crippen LogP contribution < -0.4 is 10.6 Å². The SMILES string of the molecule is CCOC1CC(Nc2cccc(C(=O)NC3CC3)c2)C1. The predicted octanol–water partition coefficient (Wildman–Crippen LogP) is 2.56. The summed E-state index contributed by atoms with van der Waals surface area (Å²) in [6, 6.07) is 8.62.